The standard InChI is InChI=1S/C26H20I2N2O3/c1-26(2)19-12-11-18(25(32)33)22-23(19)20(13-21(26)31)30(17-9-5-15(28)6-10-17)24(22)29-16-7-3-14(27)4-8-16/h3-13,21,31H,1-2H3,(H,32,33). The number of hydrogen-bond donors (Lipinski definition) is 2. The Labute approximate surface area is 219 Å². The van der Waals surface area contributed by atoms with Crippen molar-refractivity contribution < 1.29 is 15.0 Å². The summed E-state index contributed by atoms with van der Waals surface area (Å²) in [6.07, 6.45) is 1.10. The van der Waals surface area contributed by atoms with E-state index in [-0.39, 0.29) is 5.56 Å². The summed E-state index contributed by atoms with van der Waals surface area (Å²) < 4.78 is 2.18. The summed E-state index contributed by atoms with van der Waals surface area (Å²) in [6, 6.07) is 19.2. The van der Waals surface area contributed by atoms with Crippen molar-refractivity contribution in [2.24, 2.45) is 4.99 Å². The van der Waals surface area contributed by atoms with Gasteiger partial charge in [-0.15, -0.1) is 0 Å². The first-order chi connectivity index (χ1) is 15.7. The van der Waals surface area contributed by atoms with E-state index >= 15 is 0 Å². The first-order valence-electron chi connectivity index (χ1n) is 10.4. The maximum Gasteiger partial charge on any atom is 0.336 e. The number of hydrogen-bond acceptors (Lipinski definition) is 3. The van der Waals surface area contributed by atoms with Gasteiger partial charge in [0.2, 0.25) is 0 Å². The van der Waals surface area contributed by atoms with Gasteiger partial charge in [0, 0.05) is 29.4 Å². The van der Waals surface area contributed by atoms with Crippen LogP contribution in [0.3, 0.4) is 0 Å². The average Bonchev–Trinajstić information content (AvgIpc) is 3.08. The van der Waals surface area contributed by atoms with E-state index in [0.717, 1.165) is 35.3 Å². The highest BCUT2D eigenvalue weighted by atomic mass is 127. The van der Waals surface area contributed by atoms with Crippen molar-refractivity contribution in [3.05, 3.63) is 96.1 Å². The second-order valence-corrected chi connectivity index (χ2v) is 11.1. The molecule has 1 aliphatic carbocycles. The van der Waals surface area contributed by atoms with Crippen molar-refractivity contribution in [2.75, 3.05) is 4.90 Å². The van der Waals surface area contributed by atoms with E-state index in [1.54, 1.807) is 6.07 Å². The SMILES string of the molecule is CC1(C)c2ccc(C(=O)O)c3c2C(=CC1O)N(c1ccc(I)cc1)C3=Nc1ccc(I)cc1. The number of carboxylic acids is 1. The molecular formula is C26H20I2N2O3. The highest BCUT2D eigenvalue weighted by Gasteiger charge is 2.45. The lowest BCUT2D eigenvalue weighted by atomic mass is 9.72. The van der Waals surface area contributed by atoms with Crippen LogP contribution in [0.5, 0.6) is 0 Å². The Morgan fingerprint density at radius 1 is 0.939 bits per heavy atom. The number of rotatable bonds is 3. The Morgan fingerprint density at radius 2 is 1.55 bits per heavy atom. The molecule has 33 heavy (non-hydrogen) atoms. The molecule has 0 radical (unpaired) electrons. The number of anilines is 1. The highest BCUT2D eigenvalue weighted by Crippen LogP contribution is 2.49. The maximum atomic E-state index is 12.3. The number of aliphatic hydroxyl groups excluding tert-OH is 1. The molecule has 166 valence electrons. The lowest BCUT2D eigenvalue weighted by Crippen LogP contribution is -2.37. The number of aromatic carboxylic acids is 1. The molecule has 0 fully saturated rings. The molecule has 7 heteroatoms. The molecule has 0 spiro atoms. The van der Waals surface area contributed by atoms with Gasteiger partial charge in [-0.1, -0.05) is 19.9 Å². The van der Waals surface area contributed by atoms with E-state index in [0.29, 0.717) is 11.4 Å². The third kappa shape index (κ3) is 3.70. The van der Waals surface area contributed by atoms with Crippen molar-refractivity contribution in [2.45, 2.75) is 25.4 Å². The number of carbonyl (C=O) groups is 1. The zero-order valence-electron chi connectivity index (χ0n) is 17.9. The van der Waals surface area contributed by atoms with E-state index in [9.17, 15) is 15.0 Å². The summed E-state index contributed by atoms with van der Waals surface area (Å²) in [4.78, 5) is 19.2. The van der Waals surface area contributed by atoms with Gasteiger partial charge in [-0.05, 0) is 111 Å². The number of nitrogens with zero attached hydrogens (tertiary/aromatic N) is 2. The van der Waals surface area contributed by atoms with Gasteiger partial charge in [0.05, 0.1) is 23.1 Å². The Balaban J connectivity index is 1.86. The number of aliphatic imine (C=N–C) groups is 1. The smallest absolute Gasteiger partial charge is 0.336 e. The summed E-state index contributed by atoms with van der Waals surface area (Å²) in [5.74, 6) is -0.460. The van der Waals surface area contributed by atoms with E-state index < -0.39 is 17.5 Å². The van der Waals surface area contributed by atoms with Crippen LogP contribution in [0.15, 0.2) is 71.7 Å². The molecule has 0 bridgehead atoms. The molecule has 0 aromatic heterocycles. The molecule has 0 amide bonds. The Kier molecular flexibility index (Phi) is 5.61. The summed E-state index contributed by atoms with van der Waals surface area (Å²) in [6.45, 7) is 3.95. The predicted octanol–water partition coefficient (Wildman–Crippen LogP) is 6.19. The second-order valence-electron chi connectivity index (χ2n) is 8.66. The number of carboxylic acid groups (broad SMARTS) is 1. The van der Waals surface area contributed by atoms with E-state index in [2.05, 4.69) is 45.2 Å². The Bertz CT molecular complexity index is 1340. The van der Waals surface area contributed by atoms with Gasteiger partial charge in [0.1, 0.15) is 5.84 Å². The Morgan fingerprint density at radius 3 is 2.15 bits per heavy atom. The van der Waals surface area contributed by atoms with Crippen LogP contribution in [0, 0.1) is 7.14 Å². The van der Waals surface area contributed by atoms with Gasteiger partial charge < -0.3 is 10.2 Å². The lowest BCUT2D eigenvalue weighted by Gasteiger charge is -2.36. The van der Waals surface area contributed by atoms with Crippen molar-refractivity contribution in [3.63, 3.8) is 0 Å². The molecule has 3 aromatic carbocycles. The molecular weight excluding hydrogens is 642 g/mol. The number of aliphatic hydroxyl groups is 1. The first kappa shape index (κ1) is 22.5. The average molecular weight is 662 g/mol. The van der Waals surface area contributed by atoms with Crippen LogP contribution in [0.2, 0.25) is 0 Å². The third-order valence-electron chi connectivity index (χ3n) is 6.26. The summed E-state index contributed by atoms with van der Waals surface area (Å²) in [7, 11) is 0. The number of benzene rings is 3. The molecule has 1 atom stereocenters. The van der Waals surface area contributed by atoms with E-state index in [1.807, 2.05) is 79.4 Å². The Hall–Kier alpha value is -2.24. The molecule has 0 saturated carbocycles. The highest BCUT2D eigenvalue weighted by molar-refractivity contribution is 14.1. The quantitative estimate of drug-likeness (QED) is 0.329. The summed E-state index contributed by atoms with van der Waals surface area (Å²) in [5.41, 5.74) is 4.31. The number of amidine groups is 1. The minimum Gasteiger partial charge on any atom is -0.478 e. The second kappa shape index (κ2) is 8.21. The minimum atomic E-state index is -1.00. The van der Waals surface area contributed by atoms with Crippen molar-refractivity contribution >= 4 is 74.1 Å². The van der Waals surface area contributed by atoms with Crippen LogP contribution in [-0.2, 0) is 5.41 Å². The monoisotopic (exact) mass is 662 g/mol. The van der Waals surface area contributed by atoms with Gasteiger partial charge >= 0.3 is 5.97 Å². The van der Waals surface area contributed by atoms with E-state index in [1.165, 1.54) is 0 Å². The molecule has 5 nitrogen and oxygen atoms in total. The van der Waals surface area contributed by atoms with Crippen molar-refractivity contribution in [1.82, 2.24) is 0 Å². The molecule has 3 aromatic rings. The van der Waals surface area contributed by atoms with Crippen LogP contribution in [0.1, 0.15) is 40.9 Å². The summed E-state index contributed by atoms with van der Waals surface area (Å²) in [5, 5.41) is 21.1. The number of halogens is 2. The van der Waals surface area contributed by atoms with Crippen LogP contribution < -0.4 is 4.90 Å². The molecule has 5 rings (SSSR count). The van der Waals surface area contributed by atoms with Crippen molar-refractivity contribution in [1.29, 1.82) is 0 Å². The molecule has 0 saturated heterocycles. The molecule has 1 unspecified atom stereocenters. The fraction of sp³-hybridized carbons (Fsp3) is 0.154. The van der Waals surface area contributed by atoms with Gasteiger partial charge in [-0.2, -0.15) is 0 Å². The molecule has 2 aliphatic rings. The van der Waals surface area contributed by atoms with Gasteiger partial charge in [-0.25, -0.2) is 9.79 Å². The normalized spacial score (nSPS) is 19.4. The minimum absolute atomic E-state index is 0.198. The lowest BCUT2D eigenvalue weighted by molar-refractivity contribution is 0.0696. The van der Waals surface area contributed by atoms with Crippen molar-refractivity contribution in [3.8, 4) is 0 Å². The van der Waals surface area contributed by atoms with Gasteiger partial charge in [0.25, 0.3) is 0 Å². The van der Waals surface area contributed by atoms with Gasteiger partial charge in [0.15, 0.2) is 0 Å². The topological polar surface area (TPSA) is 73.1 Å². The molecule has 1 aliphatic heterocycles. The zero-order chi connectivity index (χ0) is 23.5. The fourth-order valence-electron chi connectivity index (χ4n) is 4.42. The maximum absolute atomic E-state index is 12.3. The van der Waals surface area contributed by atoms with Crippen LogP contribution >= 0.6 is 45.2 Å². The zero-order valence-corrected chi connectivity index (χ0v) is 22.2. The molecule has 2 N–H and O–H groups in total. The van der Waals surface area contributed by atoms with Crippen LogP contribution in [0.25, 0.3) is 5.70 Å². The largest absolute Gasteiger partial charge is 0.478 e. The van der Waals surface area contributed by atoms with Gasteiger partial charge in [-0.3, -0.25) is 4.90 Å². The third-order valence-corrected chi connectivity index (χ3v) is 7.70. The van der Waals surface area contributed by atoms with Crippen LogP contribution in [-0.4, -0.2) is 28.1 Å². The van der Waals surface area contributed by atoms with E-state index in [4.69, 9.17) is 4.99 Å². The molecule has 1 heterocycles. The van der Waals surface area contributed by atoms with Crippen LogP contribution in [0.4, 0.5) is 11.4 Å². The summed E-state index contributed by atoms with van der Waals surface area (Å²) >= 11 is 4.50. The fourth-order valence-corrected chi connectivity index (χ4v) is 5.14. The predicted molar refractivity (Wildman–Crippen MR) is 147 cm³/mol. The first-order valence-corrected chi connectivity index (χ1v) is 12.6.